The molecule has 2 aromatic rings. The molecule has 2 aromatic carbocycles. The number of hydrogen-bond acceptors (Lipinski definition) is 6. The second-order valence-corrected chi connectivity index (χ2v) is 11.0. The molecule has 1 aliphatic heterocycles. The quantitative estimate of drug-likeness (QED) is 0.383. The van der Waals surface area contributed by atoms with Gasteiger partial charge in [0.25, 0.3) is 11.8 Å². The van der Waals surface area contributed by atoms with Gasteiger partial charge in [-0.15, -0.1) is 18.3 Å². The van der Waals surface area contributed by atoms with Gasteiger partial charge in [-0.25, -0.2) is 0 Å². The van der Waals surface area contributed by atoms with Crippen LogP contribution in [-0.4, -0.2) is 61.1 Å². The third-order valence-electron chi connectivity index (χ3n) is 6.92. The average Bonchev–Trinajstić information content (AvgIpc) is 3.11. The number of aromatic hydroxyl groups is 1. The van der Waals surface area contributed by atoms with Crippen molar-refractivity contribution in [1.29, 1.82) is 0 Å². The Balaban J connectivity index is 1.97. The van der Waals surface area contributed by atoms with E-state index in [0.29, 0.717) is 5.56 Å². The highest BCUT2D eigenvalue weighted by molar-refractivity contribution is 8.01. The van der Waals surface area contributed by atoms with Crippen LogP contribution in [0, 0.1) is 6.92 Å². The predicted octanol–water partition coefficient (Wildman–Crippen LogP) is 2.51. The molecule has 0 saturated carbocycles. The Labute approximate surface area is 215 Å². The number of thioether (sulfide) groups is 1. The van der Waals surface area contributed by atoms with E-state index in [1.165, 1.54) is 22.7 Å². The maximum absolute atomic E-state index is 13.7. The highest BCUT2D eigenvalue weighted by atomic mass is 32.2. The number of nitrogens with two attached hydrogens (primary N) is 1. The number of nitrogens with zero attached hydrogens (tertiary/aromatic N) is 1. The lowest BCUT2D eigenvalue weighted by atomic mass is 9.79. The molecule has 5 N–H and O–H groups in total. The number of amides is 3. The summed E-state index contributed by atoms with van der Waals surface area (Å²) in [5, 5.41) is 24.1. The van der Waals surface area contributed by atoms with Gasteiger partial charge >= 0.3 is 0 Å². The Morgan fingerprint density at radius 2 is 1.86 bits per heavy atom. The molecule has 1 aliphatic rings. The minimum absolute atomic E-state index is 0.0362. The van der Waals surface area contributed by atoms with Crippen LogP contribution in [0.25, 0.3) is 0 Å². The summed E-state index contributed by atoms with van der Waals surface area (Å²) in [6, 6.07) is 12.7. The molecule has 3 rings (SSSR count). The number of aliphatic hydroxyl groups excluding tert-OH is 1. The third-order valence-corrected chi connectivity index (χ3v) is 8.37. The van der Waals surface area contributed by atoms with Gasteiger partial charge in [-0.1, -0.05) is 42.5 Å². The molecule has 0 bridgehead atoms. The normalized spacial score (nSPS) is 20.4. The van der Waals surface area contributed by atoms with Crippen LogP contribution < -0.4 is 11.1 Å². The molecule has 8 nitrogen and oxygen atoms in total. The smallest absolute Gasteiger partial charge is 0.255 e. The van der Waals surface area contributed by atoms with Gasteiger partial charge in [-0.05, 0) is 51.3 Å². The first-order valence-electron chi connectivity index (χ1n) is 11.6. The SMILES string of the molecule is C=CCC1(C(N)=O)N(C(=O)C(O)C(Cc2ccccc2)NC(=O)c2cccc(O)c2C)CSC1(C)C. The van der Waals surface area contributed by atoms with Crippen molar-refractivity contribution in [3.05, 3.63) is 77.9 Å². The van der Waals surface area contributed by atoms with E-state index >= 15 is 0 Å². The Morgan fingerprint density at radius 1 is 1.19 bits per heavy atom. The van der Waals surface area contributed by atoms with Gasteiger partial charge in [0.15, 0.2) is 6.10 Å². The minimum Gasteiger partial charge on any atom is -0.508 e. The summed E-state index contributed by atoms with van der Waals surface area (Å²) in [5.74, 6) is -1.82. The van der Waals surface area contributed by atoms with E-state index in [1.54, 1.807) is 25.1 Å². The first-order valence-corrected chi connectivity index (χ1v) is 12.6. The molecule has 1 heterocycles. The fourth-order valence-electron chi connectivity index (χ4n) is 4.68. The van der Waals surface area contributed by atoms with Crippen molar-refractivity contribution >= 4 is 29.5 Å². The van der Waals surface area contributed by atoms with E-state index < -0.39 is 40.2 Å². The highest BCUT2D eigenvalue weighted by Gasteiger charge is 2.60. The molecule has 0 aliphatic carbocycles. The van der Waals surface area contributed by atoms with E-state index in [9.17, 15) is 24.6 Å². The van der Waals surface area contributed by atoms with Crippen LogP contribution in [0.4, 0.5) is 0 Å². The molecular formula is C27H33N3O5S. The number of rotatable bonds is 9. The molecule has 0 radical (unpaired) electrons. The van der Waals surface area contributed by atoms with Crippen molar-refractivity contribution < 1.29 is 24.6 Å². The molecule has 192 valence electrons. The topological polar surface area (TPSA) is 133 Å². The van der Waals surface area contributed by atoms with E-state index in [-0.39, 0.29) is 30.0 Å². The number of carbonyl (C=O) groups is 3. The molecular weight excluding hydrogens is 478 g/mol. The summed E-state index contributed by atoms with van der Waals surface area (Å²) in [6.45, 7) is 9.01. The Morgan fingerprint density at radius 3 is 2.47 bits per heavy atom. The van der Waals surface area contributed by atoms with Gasteiger partial charge in [0.1, 0.15) is 11.3 Å². The number of nitrogens with one attached hydrogen (secondary N) is 1. The average molecular weight is 512 g/mol. The van der Waals surface area contributed by atoms with Gasteiger partial charge in [-0.2, -0.15) is 0 Å². The molecule has 1 saturated heterocycles. The second-order valence-electron chi connectivity index (χ2n) is 9.43. The predicted molar refractivity (Wildman–Crippen MR) is 140 cm³/mol. The number of carbonyl (C=O) groups excluding carboxylic acids is 3. The van der Waals surface area contributed by atoms with Crippen LogP contribution in [0.1, 0.15) is 41.8 Å². The van der Waals surface area contributed by atoms with Crippen LogP contribution in [0.2, 0.25) is 0 Å². The number of phenolic OH excluding ortho intramolecular Hbond substituents is 1. The number of benzene rings is 2. The van der Waals surface area contributed by atoms with E-state index in [0.717, 1.165) is 5.56 Å². The van der Waals surface area contributed by atoms with Crippen LogP contribution in [0.15, 0.2) is 61.2 Å². The summed E-state index contributed by atoms with van der Waals surface area (Å²) in [4.78, 5) is 41.0. The molecule has 36 heavy (non-hydrogen) atoms. The second kappa shape index (κ2) is 10.8. The summed E-state index contributed by atoms with van der Waals surface area (Å²) >= 11 is 1.39. The van der Waals surface area contributed by atoms with Crippen molar-refractivity contribution in [3.8, 4) is 5.75 Å². The number of primary amides is 1. The van der Waals surface area contributed by atoms with Crippen molar-refractivity contribution in [2.45, 2.75) is 56.0 Å². The van der Waals surface area contributed by atoms with Crippen LogP contribution in [0.3, 0.4) is 0 Å². The van der Waals surface area contributed by atoms with Gasteiger partial charge in [-0.3, -0.25) is 14.4 Å². The van der Waals surface area contributed by atoms with E-state index in [1.807, 2.05) is 44.2 Å². The molecule has 0 aromatic heterocycles. The van der Waals surface area contributed by atoms with Gasteiger partial charge in [0.2, 0.25) is 5.91 Å². The maximum atomic E-state index is 13.7. The molecule has 3 amide bonds. The number of aliphatic hydroxyl groups is 1. The Hall–Kier alpha value is -3.30. The summed E-state index contributed by atoms with van der Waals surface area (Å²) in [5.41, 5.74) is 5.86. The zero-order valence-corrected chi connectivity index (χ0v) is 21.5. The monoisotopic (exact) mass is 511 g/mol. The van der Waals surface area contributed by atoms with Crippen LogP contribution >= 0.6 is 11.8 Å². The molecule has 9 heteroatoms. The summed E-state index contributed by atoms with van der Waals surface area (Å²) < 4.78 is -0.723. The van der Waals surface area contributed by atoms with Crippen LogP contribution in [-0.2, 0) is 16.0 Å². The first kappa shape index (κ1) is 27.3. The van der Waals surface area contributed by atoms with Gasteiger partial charge < -0.3 is 26.2 Å². The first-order chi connectivity index (χ1) is 17.0. The fraction of sp³-hybridized carbons (Fsp3) is 0.370. The zero-order valence-electron chi connectivity index (χ0n) is 20.7. The lowest BCUT2D eigenvalue weighted by Crippen LogP contribution is -2.66. The fourth-order valence-corrected chi connectivity index (χ4v) is 6.02. The van der Waals surface area contributed by atoms with Crippen molar-refractivity contribution in [2.75, 3.05) is 5.88 Å². The van der Waals surface area contributed by atoms with Crippen LogP contribution in [0.5, 0.6) is 5.75 Å². The largest absolute Gasteiger partial charge is 0.508 e. The Bertz CT molecular complexity index is 1150. The molecule has 0 spiro atoms. The van der Waals surface area contributed by atoms with Gasteiger partial charge in [0.05, 0.1) is 11.9 Å². The standard InChI is InChI=1S/C27H33N3O5S/c1-5-14-27(25(28)35)26(3,4)36-16-30(27)24(34)22(32)20(15-18-10-7-6-8-11-18)29-23(33)19-12-9-13-21(31)17(19)2/h5-13,20,22,31-32H,1,14-16H2,2-4H3,(H2,28,35)(H,29,33). The lowest BCUT2D eigenvalue weighted by Gasteiger charge is -2.43. The van der Waals surface area contributed by atoms with Gasteiger partial charge in [0, 0.05) is 15.9 Å². The molecule has 3 unspecified atom stereocenters. The lowest BCUT2D eigenvalue weighted by molar-refractivity contribution is -0.152. The molecule has 3 atom stereocenters. The van der Waals surface area contributed by atoms with E-state index in [2.05, 4.69) is 11.9 Å². The minimum atomic E-state index is -1.66. The third kappa shape index (κ3) is 4.99. The van der Waals surface area contributed by atoms with E-state index in [4.69, 9.17) is 5.73 Å². The number of phenols is 1. The molecule has 1 fully saturated rings. The van der Waals surface area contributed by atoms with Crippen molar-refractivity contribution in [1.82, 2.24) is 10.2 Å². The summed E-state index contributed by atoms with van der Waals surface area (Å²) in [7, 11) is 0. The zero-order chi connectivity index (χ0) is 26.7. The Kier molecular flexibility index (Phi) is 8.15. The van der Waals surface area contributed by atoms with Crippen molar-refractivity contribution in [2.24, 2.45) is 5.73 Å². The number of hydrogen-bond donors (Lipinski definition) is 4. The highest BCUT2D eigenvalue weighted by Crippen LogP contribution is 2.49. The van der Waals surface area contributed by atoms with Crippen molar-refractivity contribution in [3.63, 3.8) is 0 Å². The maximum Gasteiger partial charge on any atom is 0.255 e. The summed E-state index contributed by atoms with van der Waals surface area (Å²) in [6.07, 6.45) is 0.162.